The van der Waals surface area contributed by atoms with Crippen molar-refractivity contribution in [3.8, 4) is 6.07 Å². The van der Waals surface area contributed by atoms with Crippen LogP contribution >= 0.6 is 22.9 Å². The van der Waals surface area contributed by atoms with Crippen molar-refractivity contribution in [2.24, 2.45) is 0 Å². The number of rotatable bonds is 3. The van der Waals surface area contributed by atoms with Crippen LogP contribution in [0.2, 0.25) is 5.02 Å². The summed E-state index contributed by atoms with van der Waals surface area (Å²) in [4.78, 5) is 15.4. The number of amides is 1. The van der Waals surface area contributed by atoms with Gasteiger partial charge >= 0.3 is 12.1 Å². The molecule has 1 N–H and O–H groups in total. The van der Waals surface area contributed by atoms with Crippen molar-refractivity contribution in [2.45, 2.75) is 6.18 Å². The maximum absolute atomic E-state index is 12.4. The Balaban J connectivity index is 1.92. The smallest absolute Gasteiger partial charge is 0.318 e. The lowest BCUT2D eigenvalue weighted by Gasteiger charge is -2.08. The van der Waals surface area contributed by atoms with Gasteiger partial charge < -0.3 is 5.32 Å². The summed E-state index contributed by atoms with van der Waals surface area (Å²) in [6.45, 7) is 0. The van der Waals surface area contributed by atoms with E-state index in [4.69, 9.17) is 11.6 Å². The van der Waals surface area contributed by atoms with Gasteiger partial charge in [0.1, 0.15) is 11.1 Å². The van der Waals surface area contributed by atoms with Crippen molar-refractivity contribution < 1.29 is 18.0 Å². The molecule has 1 heterocycles. The van der Waals surface area contributed by atoms with Crippen molar-refractivity contribution in [1.29, 1.82) is 5.26 Å². The van der Waals surface area contributed by atoms with Crippen LogP contribution in [0.3, 0.4) is 0 Å². The second-order valence-corrected chi connectivity index (χ2v) is 6.85. The van der Waals surface area contributed by atoms with E-state index in [0.29, 0.717) is 21.1 Å². The summed E-state index contributed by atoms with van der Waals surface area (Å²) >= 11 is 7.23. The minimum absolute atomic E-state index is 0.0283. The fraction of sp³-hybridized carbons (Fsp3) is 0.0556. The Labute approximate surface area is 160 Å². The number of hydrogen-bond donors (Lipinski definition) is 1. The molecule has 1 aromatic heterocycles. The molecule has 0 aliphatic rings. The monoisotopic (exact) mass is 407 g/mol. The van der Waals surface area contributed by atoms with Crippen LogP contribution in [0.25, 0.3) is 21.9 Å². The first-order valence-electron chi connectivity index (χ1n) is 7.43. The average molecular weight is 408 g/mol. The molecule has 4 nitrogen and oxygen atoms in total. The first-order valence-corrected chi connectivity index (χ1v) is 8.62. The van der Waals surface area contributed by atoms with E-state index in [0.717, 1.165) is 4.70 Å². The fourth-order valence-corrected chi connectivity index (χ4v) is 3.31. The highest BCUT2D eigenvalue weighted by Crippen LogP contribution is 2.30. The molecule has 0 atom stereocenters. The van der Waals surface area contributed by atoms with Crippen LogP contribution in [0.1, 0.15) is 10.6 Å². The summed E-state index contributed by atoms with van der Waals surface area (Å²) in [5.41, 5.74) is 1.31. The zero-order valence-corrected chi connectivity index (χ0v) is 14.9. The number of nitriles is 1. The largest absolute Gasteiger partial charge is 0.471 e. The van der Waals surface area contributed by atoms with Crippen LogP contribution in [0.15, 0.2) is 42.5 Å². The standard InChI is InChI=1S/C18H9ClF3N3OS/c19-12-4-5-15-14(8-12)25-16(27-15)11(9-23)6-10-2-1-3-13(7-10)24-17(26)18(20,21)22/h1-8H,(H,24,26)/b11-6+. The topological polar surface area (TPSA) is 65.8 Å². The first kappa shape index (κ1) is 18.9. The zero-order valence-electron chi connectivity index (χ0n) is 13.3. The van der Waals surface area contributed by atoms with E-state index >= 15 is 0 Å². The van der Waals surface area contributed by atoms with Crippen molar-refractivity contribution in [1.82, 2.24) is 4.98 Å². The number of thiazole rings is 1. The quantitative estimate of drug-likeness (QED) is 0.582. The number of aromatic nitrogens is 1. The predicted octanol–water partition coefficient (Wildman–Crippen LogP) is 5.51. The molecule has 3 aromatic rings. The molecule has 0 unspecified atom stereocenters. The van der Waals surface area contributed by atoms with Crippen molar-refractivity contribution in [3.05, 3.63) is 58.1 Å². The molecule has 9 heteroatoms. The van der Waals surface area contributed by atoms with Crippen molar-refractivity contribution in [3.63, 3.8) is 0 Å². The van der Waals surface area contributed by atoms with Crippen LogP contribution in [-0.2, 0) is 4.79 Å². The lowest BCUT2D eigenvalue weighted by molar-refractivity contribution is -0.167. The highest BCUT2D eigenvalue weighted by Gasteiger charge is 2.38. The highest BCUT2D eigenvalue weighted by atomic mass is 35.5. The van der Waals surface area contributed by atoms with Crippen LogP contribution in [0.5, 0.6) is 0 Å². The van der Waals surface area contributed by atoms with E-state index in [-0.39, 0.29) is 11.3 Å². The van der Waals surface area contributed by atoms with E-state index in [1.54, 1.807) is 29.6 Å². The SMILES string of the molecule is N#C/C(=C\c1cccc(NC(=O)C(F)(F)F)c1)c1nc2cc(Cl)ccc2s1. The third-order valence-electron chi connectivity index (χ3n) is 3.41. The van der Waals surface area contributed by atoms with Crippen LogP contribution in [0, 0.1) is 11.3 Å². The van der Waals surface area contributed by atoms with Gasteiger partial charge in [0.15, 0.2) is 0 Å². The minimum Gasteiger partial charge on any atom is -0.318 e. The average Bonchev–Trinajstić information content (AvgIpc) is 3.02. The number of hydrogen-bond acceptors (Lipinski definition) is 4. The van der Waals surface area contributed by atoms with E-state index in [1.807, 2.05) is 6.07 Å². The number of nitrogens with zero attached hydrogens (tertiary/aromatic N) is 2. The molecule has 0 fully saturated rings. The number of halogens is 4. The number of fused-ring (bicyclic) bond motifs is 1. The highest BCUT2D eigenvalue weighted by molar-refractivity contribution is 7.19. The molecule has 3 rings (SSSR count). The number of allylic oxidation sites excluding steroid dienone is 1. The molecule has 136 valence electrons. The van der Waals surface area contributed by atoms with E-state index in [2.05, 4.69) is 4.98 Å². The van der Waals surface area contributed by atoms with Crippen LogP contribution in [-0.4, -0.2) is 17.1 Å². The molecule has 0 spiro atoms. The molecule has 1 amide bonds. The van der Waals surface area contributed by atoms with Gasteiger partial charge in [-0.25, -0.2) is 4.98 Å². The lowest BCUT2D eigenvalue weighted by Crippen LogP contribution is -2.29. The summed E-state index contributed by atoms with van der Waals surface area (Å²) in [7, 11) is 0. The summed E-state index contributed by atoms with van der Waals surface area (Å²) in [6, 6.07) is 13.0. The van der Waals surface area contributed by atoms with E-state index < -0.39 is 12.1 Å². The number of benzene rings is 2. The van der Waals surface area contributed by atoms with Gasteiger partial charge in [0.2, 0.25) is 0 Å². The Hall–Kier alpha value is -2.89. The molecule has 0 aliphatic carbocycles. The van der Waals surface area contributed by atoms with Gasteiger partial charge in [-0.15, -0.1) is 11.3 Å². The van der Waals surface area contributed by atoms with Crippen molar-refractivity contribution in [2.75, 3.05) is 5.32 Å². The second-order valence-electron chi connectivity index (χ2n) is 5.38. The van der Waals surface area contributed by atoms with Gasteiger partial charge in [-0.3, -0.25) is 4.79 Å². The van der Waals surface area contributed by atoms with E-state index in [9.17, 15) is 23.2 Å². The molecular formula is C18H9ClF3N3OS. The Bertz CT molecular complexity index is 1100. The maximum Gasteiger partial charge on any atom is 0.471 e. The number of alkyl halides is 3. The third kappa shape index (κ3) is 4.45. The number of nitrogens with one attached hydrogen (secondary N) is 1. The summed E-state index contributed by atoms with van der Waals surface area (Å²) in [6.07, 6.45) is -3.49. The van der Waals surface area contributed by atoms with E-state index in [1.165, 1.54) is 35.6 Å². The second kappa shape index (κ2) is 7.39. The minimum atomic E-state index is -4.98. The molecule has 27 heavy (non-hydrogen) atoms. The third-order valence-corrected chi connectivity index (χ3v) is 4.72. The Morgan fingerprint density at radius 2 is 2.04 bits per heavy atom. The summed E-state index contributed by atoms with van der Waals surface area (Å²) in [5, 5.41) is 12.2. The van der Waals surface area contributed by atoms with Crippen molar-refractivity contribution >= 4 is 56.4 Å². The molecular weight excluding hydrogens is 399 g/mol. The normalized spacial score (nSPS) is 12.0. The zero-order chi connectivity index (χ0) is 19.6. The molecule has 0 saturated carbocycles. The van der Waals surface area contributed by atoms with Gasteiger partial charge in [-0.05, 0) is 42.0 Å². The maximum atomic E-state index is 12.4. The molecule has 2 aromatic carbocycles. The van der Waals surface area contributed by atoms with Crippen LogP contribution < -0.4 is 5.32 Å². The van der Waals surface area contributed by atoms with Gasteiger partial charge in [0.05, 0.1) is 15.8 Å². The lowest BCUT2D eigenvalue weighted by atomic mass is 10.1. The summed E-state index contributed by atoms with van der Waals surface area (Å²) < 4.78 is 38.0. The molecule has 0 bridgehead atoms. The molecule has 0 saturated heterocycles. The first-order chi connectivity index (χ1) is 12.8. The van der Waals surface area contributed by atoms with Gasteiger partial charge in [-0.2, -0.15) is 18.4 Å². The molecule has 0 radical (unpaired) electrons. The number of carbonyl (C=O) groups excluding carboxylic acids is 1. The fourth-order valence-electron chi connectivity index (χ4n) is 2.23. The molecule has 0 aliphatic heterocycles. The van der Waals surface area contributed by atoms with Gasteiger partial charge in [0.25, 0.3) is 0 Å². The Morgan fingerprint density at radius 1 is 1.26 bits per heavy atom. The Morgan fingerprint density at radius 3 is 2.74 bits per heavy atom. The van der Waals surface area contributed by atoms with Gasteiger partial charge in [-0.1, -0.05) is 23.7 Å². The number of carbonyl (C=O) groups is 1. The van der Waals surface area contributed by atoms with Gasteiger partial charge in [0, 0.05) is 10.7 Å². The number of anilines is 1. The van der Waals surface area contributed by atoms with Crippen LogP contribution in [0.4, 0.5) is 18.9 Å². The Kier molecular flexibility index (Phi) is 5.17. The summed E-state index contributed by atoms with van der Waals surface area (Å²) in [5.74, 6) is -2.06. The predicted molar refractivity (Wildman–Crippen MR) is 99.2 cm³/mol.